The lowest BCUT2D eigenvalue weighted by Crippen LogP contribution is -1.92. The van der Waals surface area contributed by atoms with Crippen LogP contribution in [0.5, 0.6) is 5.75 Å². The van der Waals surface area contributed by atoms with Crippen LogP contribution >= 0.6 is 0 Å². The average Bonchev–Trinajstić information content (AvgIpc) is 2.25. The molecule has 0 aliphatic heterocycles. The molecule has 0 aromatic heterocycles. The summed E-state index contributed by atoms with van der Waals surface area (Å²) in [4.78, 5) is 9.85. The zero-order chi connectivity index (χ0) is 10.9. The van der Waals surface area contributed by atoms with E-state index in [1.807, 2.05) is 18.2 Å². The van der Waals surface area contributed by atoms with E-state index in [0.29, 0.717) is 18.8 Å². The quantitative estimate of drug-likeness (QED) is 0.552. The fourth-order valence-electron chi connectivity index (χ4n) is 1.45. The molecular formula is C12H16O3. The van der Waals surface area contributed by atoms with Gasteiger partial charge in [0.05, 0.1) is 6.61 Å². The lowest BCUT2D eigenvalue weighted by molar-refractivity contribution is -0.128. The van der Waals surface area contributed by atoms with Crippen molar-refractivity contribution in [3.05, 3.63) is 29.8 Å². The number of benzene rings is 1. The largest absolute Gasteiger partial charge is 0.508 e. The highest BCUT2D eigenvalue weighted by molar-refractivity contribution is 5.36. The third kappa shape index (κ3) is 4.49. The summed E-state index contributed by atoms with van der Waals surface area (Å²) in [7, 11) is 0. The predicted molar refractivity (Wildman–Crippen MR) is 57.7 cm³/mol. The monoisotopic (exact) mass is 208 g/mol. The molecule has 3 heteroatoms. The number of unbranched alkanes of at least 4 members (excludes halogenated alkanes) is 2. The van der Waals surface area contributed by atoms with E-state index in [2.05, 4.69) is 4.74 Å². The Morgan fingerprint density at radius 3 is 2.73 bits per heavy atom. The summed E-state index contributed by atoms with van der Waals surface area (Å²) >= 11 is 0. The second-order valence-corrected chi connectivity index (χ2v) is 3.41. The van der Waals surface area contributed by atoms with Crippen molar-refractivity contribution >= 4 is 6.47 Å². The molecule has 0 spiro atoms. The zero-order valence-electron chi connectivity index (χ0n) is 8.69. The van der Waals surface area contributed by atoms with Crippen molar-refractivity contribution in [1.82, 2.24) is 0 Å². The summed E-state index contributed by atoms with van der Waals surface area (Å²) in [6, 6.07) is 7.36. The highest BCUT2D eigenvalue weighted by Crippen LogP contribution is 2.18. The highest BCUT2D eigenvalue weighted by atomic mass is 16.5. The first-order valence-corrected chi connectivity index (χ1v) is 5.16. The van der Waals surface area contributed by atoms with E-state index in [1.165, 1.54) is 0 Å². The summed E-state index contributed by atoms with van der Waals surface area (Å²) in [5.74, 6) is 0.363. The number of para-hydroxylation sites is 1. The van der Waals surface area contributed by atoms with Gasteiger partial charge < -0.3 is 9.84 Å². The van der Waals surface area contributed by atoms with E-state index in [4.69, 9.17) is 0 Å². The van der Waals surface area contributed by atoms with Gasteiger partial charge in [0.2, 0.25) is 0 Å². The minimum Gasteiger partial charge on any atom is -0.508 e. The van der Waals surface area contributed by atoms with Crippen LogP contribution in [0.1, 0.15) is 24.8 Å². The fraction of sp³-hybridized carbons (Fsp3) is 0.417. The van der Waals surface area contributed by atoms with Crippen molar-refractivity contribution in [3.8, 4) is 5.75 Å². The van der Waals surface area contributed by atoms with Gasteiger partial charge in [0.1, 0.15) is 5.75 Å². The Morgan fingerprint density at radius 2 is 2.00 bits per heavy atom. The summed E-state index contributed by atoms with van der Waals surface area (Å²) in [6.07, 6.45) is 3.75. The smallest absolute Gasteiger partial charge is 0.293 e. The molecule has 1 aromatic rings. The lowest BCUT2D eigenvalue weighted by Gasteiger charge is -2.03. The van der Waals surface area contributed by atoms with E-state index in [0.717, 1.165) is 31.2 Å². The molecule has 82 valence electrons. The third-order valence-corrected chi connectivity index (χ3v) is 2.27. The van der Waals surface area contributed by atoms with Crippen LogP contribution in [0.2, 0.25) is 0 Å². The van der Waals surface area contributed by atoms with Gasteiger partial charge in [-0.3, -0.25) is 4.79 Å². The maximum Gasteiger partial charge on any atom is 0.293 e. The molecule has 1 aromatic carbocycles. The number of aromatic hydroxyl groups is 1. The second-order valence-electron chi connectivity index (χ2n) is 3.41. The average molecular weight is 208 g/mol. The molecule has 3 nitrogen and oxygen atoms in total. The van der Waals surface area contributed by atoms with E-state index < -0.39 is 0 Å². The molecule has 0 unspecified atom stereocenters. The first-order valence-electron chi connectivity index (χ1n) is 5.16. The van der Waals surface area contributed by atoms with Crippen LogP contribution in [0.3, 0.4) is 0 Å². The molecule has 0 atom stereocenters. The van der Waals surface area contributed by atoms with Crippen LogP contribution in [0.15, 0.2) is 24.3 Å². The molecule has 0 saturated heterocycles. The topological polar surface area (TPSA) is 46.5 Å². The molecule has 0 fully saturated rings. The molecule has 0 aliphatic rings. The van der Waals surface area contributed by atoms with Gasteiger partial charge in [0, 0.05) is 0 Å². The van der Waals surface area contributed by atoms with Gasteiger partial charge in [0.15, 0.2) is 0 Å². The van der Waals surface area contributed by atoms with Gasteiger partial charge in [-0.05, 0) is 37.3 Å². The van der Waals surface area contributed by atoms with Crippen LogP contribution in [0.25, 0.3) is 0 Å². The van der Waals surface area contributed by atoms with Gasteiger partial charge in [-0.2, -0.15) is 0 Å². The predicted octanol–water partition coefficient (Wildman–Crippen LogP) is 2.28. The van der Waals surface area contributed by atoms with Gasteiger partial charge in [-0.1, -0.05) is 18.2 Å². The Balaban J connectivity index is 2.15. The number of carbonyl (C=O) groups is 1. The third-order valence-electron chi connectivity index (χ3n) is 2.27. The first-order chi connectivity index (χ1) is 7.34. The summed E-state index contributed by atoms with van der Waals surface area (Å²) in [5.41, 5.74) is 0.980. The van der Waals surface area contributed by atoms with Crippen LogP contribution < -0.4 is 0 Å². The molecule has 15 heavy (non-hydrogen) atoms. The number of hydrogen-bond acceptors (Lipinski definition) is 3. The first kappa shape index (κ1) is 11.6. The van der Waals surface area contributed by atoms with Crippen molar-refractivity contribution < 1.29 is 14.6 Å². The minimum atomic E-state index is 0.363. The summed E-state index contributed by atoms with van der Waals surface area (Å²) in [5, 5.41) is 9.48. The number of carbonyl (C=O) groups excluding carboxylic acids is 1. The molecule has 0 heterocycles. The Bertz CT molecular complexity index is 297. The Labute approximate surface area is 89.7 Å². The number of hydrogen-bond donors (Lipinski definition) is 1. The van der Waals surface area contributed by atoms with Gasteiger partial charge in [0.25, 0.3) is 6.47 Å². The Kier molecular flexibility index (Phi) is 5.30. The molecular weight excluding hydrogens is 192 g/mol. The summed E-state index contributed by atoms with van der Waals surface area (Å²) < 4.78 is 4.58. The van der Waals surface area contributed by atoms with Crippen LogP contribution in [-0.2, 0) is 16.0 Å². The van der Waals surface area contributed by atoms with Crippen molar-refractivity contribution in [2.75, 3.05) is 6.61 Å². The number of phenols is 1. The number of aryl methyl sites for hydroxylation is 1. The van der Waals surface area contributed by atoms with Crippen molar-refractivity contribution in [2.45, 2.75) is 25.7 Å². The zero-order valence-corrected chi connectivity index (χ0v) is 8.69. The molecule has 1 N–H and O–H groups in total. The van der Waals surface area contributed by atoms with Crippen LogP contribution in [-0.4, -0.2) is 18.2 Å². The molecule has 0 amide bonds. The Morgan fingerprint density at radius 1 is 1.20 bits per heavy atom. The van der Waals surface area contributed by atoms with Gasteiger partial charge in [-0.25, -0.2) is 0 Å². The van der Waals surface area contributed by atoms with Crippen molar-refractivity contribution in [3.63, 3.8) is 0 Å². The van der Waals surface area contributed by atoms with E-state index >= 15 is 0 Å². The standard InChI is InChI=1S/C12H16O3/c13-10-15-9-5-1-2-6-11-7-3-4-8-12(11)14/h3-4,7-8,10,14H,1-2,5-6,9H2. The number of ether oxygens (including phenoxy) is 1. The van der Waals surface area contributed by atoms with E-state index in [1.54, 1.807) is 6.07 Å². The Hall–Kier alpha value is -1.51. The van der Waals surface area contributed by atoms with Crippen molar-refractivity contribution in [2.24, 2.45) is 0 Å². The molecule has 1 rings (SSSR count). The summed E-state index contributed by atoms with van der Waals surface area (Å²) in [6.45, 7) is 0.966. The van der Waals surface area contributed by atoms with Crippen molar-refractivity contribution in [1.29, 1.82) is 0 Å². The second kappa shape index (κ2) is 6.87. The van der Waals surface area contributed by atoms with E-state index in [-0.39, 0.29) is 0 Å². The molecule has 0 radical (unpaired) electrons. The van der Waals surface area contributed by atoms with Gasteiger partial charge >= 0.3 is 0 Å². The van der Waals surface area contributed by atoms with Crippen LogP contribution in [0, 0.1) is 0 Å². The number of rotatable bonds is 7. The maximum absolute atomic E-state index is 9.85. The highest BCUT2D eigenvalue weighted by Gasteiger charge is 1.98. The molecule has 0 bridgehead atoms. The SMILES string of the molecule is O=COCCCCCc1ccccc1O. The number of phenolic OH excluding ortho intramolecular Hbond substituents is 1. The maximum atomic E-state index is 9.85. The van der Waals surface area contributed by atoms with E-state index in [9.17, 15) is 9.90 Å². The minimum absolute atomic E-state index is 0.363. The van der Waals surface area contributed by atoms with Crippen LogP contribution in [0.4, 0.5) is 0 Å². The lowest BCUT2D eigenvalue weighted by atomic mass is 10.1. The molecule has 0 aliphatic carbocycles. The fourth-order valence-corrected chi connectivity index (χ4v) is 1.45. The normalized spacial score (nSPS) is 9.87. The molecule has 0 saturated carbocycles. The van der Waals surface area contributed by atoms with Gasteiger partial charge in [-0.15, -0.1) is 0 Å².